The smallest absolute Gasteiger partial charge is 0.251 e. The predicted octanol–water partition coefficient (Wildman–Crippen LogP) is 4.48. The monoisotopic (exact) mass is 485 g/mol. The van der Waals surface area contributed by atoms with Crippen LogP contribution in [0, 0.1) is 0 Å². The largest absolute Gasteiger partial charge is 0.378 e. The fourth-order valence-corrected chi connectivity index (χ4v) is 3.94. The molecular weight excluding hydrogens is 461 g/mol. The van der Waals surface area contributed by atoms with Crippen molar-refractivity contribution in [3.63, 3.8) is 0 Å². The summed E-state index contributed by atoms with van der Waals surface area (Å²) in [5, 5.41) is 6.66. The number of rotatable bonds is 6. The summed E-state index contributed by atoms with van der Waals surface area (Å²) in [6, 6.07) is 13.2. The van der Waals surface area contributed by atoms with Gasteiger partial charge in [0.05, 0.1) is 18.9 Å². The molecule has 36 heavy (non-hydrogen) atoms. The van der Waals surface area contributed by atoms with Gasteiger partial charge in [-0.3, -0.25) is 14.8 Å². The number of anilines is 4. The summed E-state index contributed by atoms with van der Waals surface area (Å²) in [5.41, 5.74) is 3.82. The van der Waals surface area contributed by atoms with Gasteiger partial charge in [0, 0.05) is 54.5 Å². The number of ether oxygens (including phenoxy) is 1. The Hall–Kier alpha value is -4.44. The SMILES string of the molecule is C/C(F)=C\C(=O)Nc1cccnc1-c1nccc2cnc(Nc3ccc(N4CCOCC4)cc3)nc12. The first-order chi connectivity index (χ1) is 17.6. The molecule has 0 atom stereocenters. The molecule has 4 aromatic rings. The van der Waals surface area contributed by atoms with E-state index in [-0.39, 0.29) is 0 Å². The number of carbonyl (C=O) groups is 1. The van der Waals surface area contributed by atoms with E-state index in [2.05, 4.69) is 42.6 Å². The van der Waals surface area contributed by atoms with Gasteiger partial charge in [0.15, 0.2) is 0 Å². The van der Waals surface area contributed by atoms with Crippen molar-refractivity contribution in [2.75, 3.05) is 41.8 Å². The molecule has 1 aromatic carbocycles. The fraction of sp³-hybridized carbons (Fsp3) is 0.192. The standard InChI is InChI=1S/C26H24FN7O2/c1-17(27)15-22(35)32-21-3-2-9-28-24(21)25-23-18(8-10-29-25)16-30-26(33-23)31-19-4-6-20(7-5-19)34-11-13-36-14-12-34/h2-10,15-16H,11-14H2,1H3,(H,32,35)(H,30,31,33)/b17-15+. The molecular formula is C26H24FN7O2. The molecule has 1 saturated heterocycles. The molecule has 9 nitrogen and oxygen atoms in total. The number of nitrogens with one attached hydrogen (secondary N) is 2. The Morgan fingerprint density at radius 3 is 2.58 bits per heavy atom. The lowest BCUT2D eigenvalue weighted by molar-refractivity contribution is -0.112. The zero-order valence-electron chi connectivity index (χ0n) is 19.6. The third kappa shape index (κ3) is 5.28. The molecule has 0 spiro atoms. The number of morpholine rings is 1. The number of allylic oxidation sites excluding steroid dienone is 1. The molecule has 0 radical (unpaired) electrons. The van der Waals surface area contributed by atoms with E-state index in [1.165, 1.54) is 6.92 Å². The first-order valence-electron chi connectivity index (χ1n) is 11.5. The van der Waals surface area contributed by atoms with Crippen LogP contribution in [0.2, 0.25) is 0 Å². The summed E-state index contributed by atoms with van der Waals surface area (Å²) in [6.07, 6.45) is 5.80. The molecule has 1 aliphatic heterocycles. The number of benzene rings is 1. The average molecular weight is 486 g/mol. The highest BCUT2D eigenvalue weighted by molar-refractivity contribution is 6.03. The van der Waals surface area contributed by atoms with Gasteiger partial charge in [0.2, 0.25) is 5.95 Å². The molecule has 1 fully saturated rings. The topological polar surface area (TPSA) is 105 Å². The van der Waals surface area contributed by atoms with Crippen molar-refractivity contribution in [3.8, 4) is 11.4 Å². The van der Waals surface area contributed by atoms with E-state index in [0.717, 1.165) is 49.1 Å². The zero-order chi connectivity index (χ0) is 24.9. The highest BCUT2D eigenvalue weighted by Gasteiger charge is 2.16. The quantitative estimate of drug-likeness (QED) is 0.385. The van der Waals surface area contributed by atoms with Crippen molar-refractivity contribution >= 4 is 39.8 Å². The zero-order valence-corrected chi connectivity index (χ0v) is 19.6. The molecule has 1 aliphatic rings. The molecule has 3 aromatic heterocycles. The van der Waals surface area contributed by atoms with Crippen LogP contribution in [-0.2, 0) is 9.53 Å². The first-order valence-corrected chi connectivity index (χ1v) is 11.5. The molecule has 0 aliphatic carbocycles. The Labute approximate surface area is 207 Å². The van der Waals surface area contributed by atoms with Gasteiger partial charge < -0.3 is 20.3 Å². The van der Waals surface area contributed by atoms with Crippen molar-refractivity contribution in [2.45, 2.75) is 6.92 Å². The molecule has 4 heterocycles. The van der Waals surface area contributed by atoms with Crippen molar-refractivity contribution < 1.29 is 13.9 Å². The molecule has 5 rings (SSSR count). The molecule has 0 saturated carbocycles. The lowest BCUT2D eigenvalue weighted by Crippen LogP contribution is -2.36. The minimum absolute atomic E-state index is 0.395. The van der Waals surface area contributed by atoms with Crippen molar-refractivity contribution in [1.82, 2.24) is 19.9 Å². The van der Waals surface area contributed by atoms with Crippen molar-refractivity contribution in [2.24, 2.45) is 0 Å². The Kier molecular flexibility index (Phi) is 6.76. The van der Waals surface area contributed by atoms with E-state index in [0.29, 0.717) is 28.5 Å². The van der Waals surface area contributed by atoms with Crippen LogP contribution >= 0.6 is 0 Å². The Balaban J connectivity index is 1.44. The van der Waals surface area contributed by atoms with Gasteiger partial charge in [-0.05, 0) is 49.4 Å². The molecule has 1 amide bonds. The third-order valence-corrected chi connectivity index (χ3v) is 5.62. The van der Waals surface area contributed by atoms with Gasteiger partial charge in [-0.15, -0.1) is 0 Å². The number of amides is 1. The lowest BCUT2D eigenvalue weighted by atomic mass is 10.1. The molecule has 0 unspecified atom stereocenters. The number of hydrogen-bond donors (Lipinski definition) is 2. The fourth-order valence-electron chi connectivity index (χ4n) is 3.94. The van der Waals surface area contributed by atoms with E-state index in [4.69, 9.17) is 9.72 Å². The second-order valence-electron chi connectivity index (χ2n) is 8.18. The van der Waals surface area contributed by atoms with Crippen LogP contribution < -0.4 is 15.5 Å². The van der Waals surface area contributed by atoms with Gasteiger partial charge >= 0.3 is 0 Å². The van der Waals surface area contributed by atoms with Gasteiger partial charge in [0.25, 0.3) is 5.91 Å². The van der Waals surface area contributed by atoms with E-state index in [9.17, 15) is 9.18 Å². The number of halogens is 1. The van der Waals surface area contributed by atoms with Crippen molar-refractivity contribution in [1.29, 1.82) is 0 Å². The summed E-state index contributed by atoms with van der Waals surface area (Å²) >= 11 is 0. The van der Waals surface area contributed by atoms with Crippen LogP contribution in [0.1, 0.15) is 6.92 Å². The molecule has 0 bridgehead atoms. The van der Waals surface area contributed by atoms with Crippen LogP contribution in [0.3, 0.4) is 0 Å². The summed E-state index contributed by atoms with van der Waals surface area (Å²) in [4.78, 5) is 32.4. The first kappa shape index (κ1) is 23.3. The Morgan fingerprint density at radius 2 is 1.81 bits per heavy atom. The second kappa shape index (κ2) is 10.4. The number of pyridine rings is 2. The maximum absolute atomic E-state index is 13.2. The van der Waals surface area contributed by atoms with Crippen LogP contribution in [0.4, 0.5) is 27.4 Å². The lowest BCUT2D eigenvalue weighted by Gasteiger charge is -2.28. The predicted molar refractivity (Wildman–Crippen MR) is 137 cm³/mol. The summed E-state index contributed by atoms with van der Waals surface area (Å²) in [5.74, 6) is -0.793. The minimum Gasteiger partial charge on any atom is -0.378 e. The van der Waals surface area contributed by atoms with E-state index >= 15 is 0 Å². The number of fused-ring (bicyclic) bond motifs is 1. The van der Waals surface area contributed by atoms with Crippen molar-refractivity contribution in [3.05, 3.63) is 73.0 Å². The molecule has 182 valence electrons. The van der Waals surface area contributed by atoms with Crippen LogP contribution in [0.25, 0.3) is 22.3 Å². The summed E-state index contributed by atoms with van der Waals surface area (Å²) < 4.78 is 18.6. The van der Waals surface area contributed by atoms with Crippen LogP contribution in [-0.4, -0.2) is 52.1 Å². The van der Waals surface area contributed by atoms with E-state index in [1.807, 2.05) is 12.1 Å². The van der Waals surface area contributed by atoms with Gasteiger partial charge in [-0.1, -0.05) is 0 Å². The van der Waals surface area contributed by atoms with Crippen LogP contribution in [0.5, 0.6) is 0 Å². The maximum atomic E-state index is 13.2. The summed E-state index contributed by atoms with van der Waals surface area (Å²) in [7, 11) is 0. The molecule has 2 N–H and O–H groups in total. The Morgan fingerprint density at radius 1 is 1.03 bits per heavy atom. The van der Waals surface area contributed by atoms with E-state index < -0.39 is 11.7 Å². The Bertz CT molecular complexity index is 1420. The normalized spacial score (nSPS) is 14.1. The number of hydrogen-bond acceptors (Lipinski definition) is 8. The average Bonchev–Trinajstić information content (AvgIpc) is 2.89. The highest BCUT2D eigenvalue weighted by Crippen LogP contribution is 2.30. The second-order valence-corrected chi connectivity index (χ2v) is 8.18. The number of carbonyl (C=O) groups excluding carboxylic acids is 1. The number of nitrogens with zero attached hydrogens (tertiary/aromatic N) is 5. The maximum Gasteiger partial charge on any atom is 0.251 e. The number of aromatic nitrogens is 4. The summed E-state index contributed by atoms with van der Waals surface area (Å²) in [6.45, 7) is 4.41. The minimum atomic E-state index is -0.595. The van der Waals surface area contributed by atoms with E-state index in [1.54, 1.807) is 36.8 Å². The molecule has 10 heteroatoms. The van der Waals surface area contributed by atoms with Gasteiger partial charge in [-0.2, -0.15) is 0 Å². The van der Waals surface area contributed by atoms with Gasteiger partial charge in [-0.25, -0.2) is 14.4 Å². The van der Waals surface area contributed by atoms with Crippen LogP contribution in [0.15, 0.2) is 73.0 Å². The third-order valence-electron chi connectivity index (χ3n) is 5.62. The highest BCUT2D eigenvalue weighted by atomic mass is 19.1. The van der Waals surface area contributed by atoms with Gasteiger partial charge in [0.1, 0.15) is 22.7 Å².